The van der Waals surface area contributed by atoms with Gasteiger partial charge in [0.2, 0.25) is 5.89 Å². The van der Waals surface area contributed by atoms with Crippen LogP contribution >= 0.6 is 0 Å². The standard InChI is InChI=1S/C15H19N3O2/c1-10(12-8-16-9-12)15-17-14(18-20-15)7-11-3-5-13(19-2)6-4-11/h3-6,10,12,16H,7-9H2,1-2H3. The second kappa shape index (κ2) is 5.63. The first-order valence-corrected chi connectivity index (χ1v) is 6.92. The van der Waals surface area contributed by atoms with E-state index in [1.807, 2.05) is 24.3 Å². The first kappa shape index (κ1) is 13.1. The van der Waals surface area contributed by atoms with E-state index in [0.717, 1.165) is 36.1 Å². The summed E-state index contributed by atoms with van der Waals surface area (Å²) in [6.07, 6.45) is 0.684. The Balaban J connectivity index is 1.66. The Morgan fingerprint density at radius 2 is 2.10 bits per heavy atom. The molecule has 0 amide bonds. The van der Waals surface area contributed by atoms with Gasteiger partial charge in [0.1, 0.15) is 5.75 Å². The van der Waals surface area contributed by atoms with E-state index in [-0.39, 0.29) is 0 Å². The summed E-state index contributed by atoms with van der Waals surface area (Å²) in [6, 6.07) is 7.93. The van der Waals surface area contributed by atoms with Gasteiger partial charge in [-0.3, -0.25) is 0 Å². The molecule has 0 spiro atoms. The van der Waals surface area contributed by atoms with Gasteiger partial charge in [-0.1, -0.05) is 24.2 Å². The SMILES string of the molecule is COc1ccc(Cc2noc(C(C)C3CNC3)n2)cc1. The lowest BCUT2D eigenvalue weighted by atomic mass is 9.89. The van der Waals surface area contributed by atoms with E-state index in [1.165, 1.54) is 0 Å². The highest BCUT2D eigenvalue weighted by Crippen LogP contribution is 2.25. The van der Waals surface area contributed by atoms with Gasteiger partial charge in [-0.05, 0) is 36.7 Å². The van der Waals surface area contributed by atoms with Crippen LogP contribution in [0, 0.1) is 5.92 Å². The molecular weight excluding hydrogens is 254 g/mol. The van der Waals surface area contributed by atoms with Crippen molar-refractivity contribution in [3.63, 3.8) is 0 Å². The number of rotatable bonds is 5. The van der Waals surface area contributed by atoms with Crippen LogP contribution in [-0.2, 0) is 6.42 Å². The predicted molar refractivity (Wildman–Crippen MR) is 74.9 cm³/mol. The highest BCUT2D eigenvalue weighted by Gasteiger charge is 2.28. The zero-order valence-corrected chi connectivity index (χ0v) is 11.8. The molecule has 0 radical (unpaired) electrons. The lowest BCUT2D eigenvalue weighted by Crippen LogP contribution is -2.44. The highest BCUT2D eigenvalue weighted by atomic mass is 16.5. The van der Waals surface area contributed by atoms with Gasteiger partial charge in [0.25, 0.3) is 0 Å². The van der Waals surface area contributed by atoms with Gasteiger partial charge in [0.15, 0.2) is 5.82 Å². The molecule has 0 saturated carbocycles. The molecule has 2 aromatic rings. The van der Waals surface area contributed by atoms with Gasteiger partial charge in [0.05, 0.1) is 7.11 Å². The average molecular weight is 273 g/mol. The van der Waals surface area contributed by atoms with Gasteiger partial charge in [-0.15, -0.1) is 0 Å². The summed E-state index contributed by atoms with van der Waals surface area (Å²) in [5.74, 6) is 3.29. The van der Waals surface area contributed by atoms with E-state index in [9.17, 15) is 0 Å². The van der Waals surface area contributed by atoms with Crippen LogP contribution < -0.4 is 10.1 Å². The van der Waals surface area contributed by atoms with Crippen LogP contribution in [0.3, 0.4) is 0 Å². The Bertz CT molecular complexity index is 561. The fourth-order valence-electron chi connectivity index (χ4n) is 2.32. The maximum Gasteiger partial charge on any atom is 0.229 e. The Hall–Kier alpha value is -1.88. The smallest absolute Gasteiger partial charge is 0.229 e. The number of hydrogen-bond acceptors (Lipinski definition) is 5. The molecule has 106 valence electrons. The van der Waals surface area contributed by atoms with E-state index in [1.54, 1.807) is 7.11 Å². The Morgan fingerprint density at radius 3 is 2.70 bits per heavy atom. The molecule has 20 heavy (non-hydrogen) atoms. The minimum absolute atomic E-state index is 0.327. The van der Waals surface area contributed by atoms with Crippen LogP contribution in [0.1, 0.15) is 30.1 Å². The number of hydrogen-bond donors (Lipinski definition) is 1. The van der Waals surface area contributed by atoms with Gasteiger partial charge >= 0.3 is 0 Å². The van der Waals surface area contributed by atoms with Gasteiger partial charge in [-0.2, -0.15) is 4.98 Å². The summed E-state index contributed by atoms with van der Waals surface area (Å²) in [5, 5.41) is 7.35. The largest absolute Gasteiger partial charge is 0.497 e. The zero-order valence-electron chi connectivity index (χ0n) is 11.8. The molecule has 2 heterocycles. The maximum atomic E-state index is 5.39. The van der Waals surface area contributed by atoms with E-state index in [2.05, 4.69) is 22.4 Å². The fourth-order valence-corrected chi connectivity index (χ4v) is 2.32. The third-order valence-electron chi connectivity index (χ3n) is 3.91. The number of nitrogens with zero attached hydrogens (tertiary/aromatic N) is 2. The third-order valence-corrected chi connectivity index (χ3v) is 3.91. The minimum Gasteiger partial charge on any atom is -0.497 e. The van der Waals surface area contributed by atoms with Crippen molar-refractivity contribution in [3.8, 4) is 5.75 Å². The molecule has 0 aliphatic carbocycles. The van der Waals surface area contributed by atoms with E-state index in [4.69, 9.17) is 9.26 Å². The Labute approximate surface area is 118 Å². The van der Waals surface area contributed by atoms with E-state index >= 15 is 0 Å². The van der Waals surface area contributed by atoms with Crippen molar-refractivity contribution < 1.29 is 9.26 Å². The van der Waals surface area contributed by atoms with E-state index in [0.29, 0.717) is 18.3 Å². The second-order valence-corrected chi connectivity index (χ2v) is 5.28. The molecule has 5 nitrogen and oxygen atoms in total. The van der Waals surface area contributed by atoms with Crippen molar-refractivity contribution in [1.82, 2.24) is 15.5 Å². The van der Waals surface area contributed by atoms with Crippen LogP contribution in [0.25, 0.3) is 0 Å². The second-order valence-electron chi connectivity index (χ2n) is 5.28. The van der Waals surface area contributed by atoms with Gasteiger partial charge in [-0.25, -0.2) is 0 Å². The predicted octanol–water partition coefficient (Wildman–Crippen LogP) is 1.99. The van der Waals surface area contributed by atoms with Gasteiger partial charge < -0.3 is 14.6 Å². The fraction of sp³-hybridized carbons (Fsp3) is 0.467. The quantitative estimate of drug-likeness (QED) is 0.902. The third kappa shape index (κ3) is 2.67. The molecule has 1 N–H and O–H groups in total. The van der Waals surface area contributed by atoms with E-state index < -0.39 is 0 Å². The molecule has 3 rings (SSSR count). The summed E-state index contributed by atoms with van der Waals surface area (Å²) < 4.78 is 10.5. The molecule has 1 aliphatic rings. The molecule has 1 aromatic heterocycles. The molecule has 1 saturated heterocycles. The van der Waals surface area contributed by atoms with Crippen molar-refractivity contribution in [1.29, 1.82) is 0 Å². The molecule has 1 fully saturated rings. The molecule has 0 bridgehead atoms. The highest BCUT2D eigenvalue weighted by molar-refractivity contribution is 5.28. The van der Waals surface area contributed by atoms with Crippen molar-refractivity contribution in [2.45, 2.75) is 19.3 Å². The zero-order chi connectivity index (χ0) is 13.9. The van der Waals surface area contributed by atoms with Crippen LogP contribution in [0.5, 0.6) is 5.75 Å². The molecular formula is C15H19N3O2. The van der Waals surface area contributed by atoms with Crippen LogP contribution in [0.2, 0.25) is 0 Å². The normalized spacial score (nSPS) is 16.7. The van der Waals surface area contributed by atoms with Crippen LogP contribution in [0.15, 0.2) is 28.8 Å². The molecule has 1 aromatic carbocycles. The monoisotopic (exact) mass is 273 g/mol. The molecule has 1 aliphatic heterocycles. The number of nitrogens with one attached hydrogen (secondary N) is 1. The van der Waals surface area contributed by atoms with Crippen molar-refractivity contribution in [2.24, 2.45) is 5.92 Å². The molecule has 1 atom stereocenters. The van der Waals surface area contributed by atoms with Crippen molar-refractivity contribution >= 4 is 0 Å². The summed E-state index contributed by atoms with van der Waals surface area (Å²) >= 11 is 0. The first-order valence-electron chi connectivity index (χ1n) is 6.92. The Morgan fingerprint density at radius 1 is 1.35 bits per heavy atom. The lowest BCUT2D eigenvalue weighted by Gasteiger charge is -2.30. The first-order chi connectivity index (χ1) is 9.76. The molecule has 1 unspecified atom stereocenters. The summed E-state index contributed by atoms with van der Waals surface area (Å²) in [4.78, 5) is 4.51. The summed E-state index contributed by atoms with van der Waals surface area (Å²) in [6.45, 7) is 4.23. The maximum absolute atomic E-state index is 5.39. The number of ether oxygens (including phenoxy) is 1. The number of benzene rings is 1. The Kier molecular flexibility index (Phi) is 3.69. The molecule has 5 heteroatoms. The summed E-state index contributed by atoms with van der Waals surface area (Å²) in [5.41, 5.74) is 1.15. The number of methoxy groups -OCH3 is 1. The van der Waals surface area contributed by atoms with Gasteiger partial charge in [0, 0.05) is 12.3 Å². The van der Waals surface area contributed by atoms with Crippen LogP contribution in [0.4, 0.5) is 0 Å². The topological polar surface area (TPSA) is 60.2 Å². The van der Waals surface area contributed by atoms with Crippen molar-refractivity contribution in [3.05, 3.63) is 41.5 Å². The van der Waals surface area contributed by atoms with Crippen LogP contribution in [-0.4, -0.2) is 30.3 Å². The average Bonchev–Trinajstić information content (AvgIpc) is 2.86. The lowest BCUT2D eigenvalue weighted by molar-refractivity contribution is 0.252. The number of aromatic nitrogens is 2. The minimum atomic E-state index is 0.327. The van der Waals surface area contributed by atoms with Crippen molar-refractivity contribution in [2.75, 3.05) is 20.2 Å². The summed E-state index contributed by atoms with van der Waals surface area (Å²) in [7, 11) is 1.66.